The average molecular weight is 567 g/mol. The summed E-state index contributed by atoms with van der Waals surface area (Å²) in [5.41, 5.74) is 0. The van der Waals surface area contributed by atoms with Gasteiger partial charge in [-0.25, -0.2) is 0 Å². The van der Waals surface area contributed by atoms with Crippen LogP contribution < -0.4 is 10.6 Å². The average Bonchev–Trinajstić information content (AvgIpc) is 3.59. The van der Waals surface area contributed by atoms with Crippen molar-refractivity contribution in [3.8, 4) is 0 Å². The lowest BCUT2D eigenvalue weighted by molar-refractivity contribution is -0.142. The van der Waals surface area contributed by atoms with E-state index in [1.165, 1.54) is 32.4 Å². The summed E-state index contributed by atoms with van der Waals surface area (Å²) in [6, 6.07) is -0.703. The number of rotatable bonds is 9. The molecule has 0 aromatic carbocycles. The van der Waals surface area contributed by atoms with Crippen molar-refractivity contribution in [3.05, 3.63) is 0 Å². The number of carbonyl (C=O) groups is 4. The zero-order valence-electron chi connectivity index (χ0n) is 26.6. The molecule has 0 radical (unpaired) electrons. The number of nitrogens with one attached hydrogen (secondary N) is 2. The van der Waals surface area contributed by atoms with Crippen LogP contribution >= 0.6 is 0 Å². The van der Waals surface area contributed by atoms with Crippen molar-refractivity contribution in [1.82, 2.24) is 30.2 Å². The fraction of sp³-hybridized carbons (Fsp3) is 0.867. The summed E-state index contributed by atoms with van der Waals surface area (Å²) in [7, 11) is 5.54. The van der Waals surface area contributed by atoms with Crippen LogP contribution in [-0.2, 0) is 19.2 Å². The maximum Gasteiger partial charge on any atom is 0.242 e. The van der Waals surface area contributed by atoms with Gasteiger partial charge in [0.25, 0.3) is 0 Å². The molecular weight excluding hydrogens is 508 g/mol. The first-order valence-electron chi connectivity index (χ1n) is 15.3. The molecule has 2 N–H and O–H groups in total. The Hall–Kier alpha value is -2.20. The van der Waals surface area contributed by atoms with Crippen molar-refractivity contribution >= 4 is 24.1 Å². The number of hydrogen-bond acceptors (Lipinski definition) is 6. The largest absolute Gasteiger partial charge is 0.357 e. The van der Waals surface area contributed by atoms with E-state index >= 15 is 0 Å². The van der Waals surface area contributed by atoms with Crippen LogP contribution in [0.15, 0.2) is 0 Å². The highest BCUT2D eigenvalue weighted by molar-refractivity contribution is 5.90. The van der Waals surface area contributed by atoms with Gasteiger partial charge in [-0.15, -0.1) is 0 Å². The second-order valence-corrected chi connectivity index (χ2v) is 12.4. The Bertz CT molecular complexity index is 769. The minimum atomic E-state index is -0.380. The first kappa shape index (κ1) is 35.8. The summed E-state index contributed by atoms with van der Waals surface area (Å²) < 4.78 is 0. The maximum atomic E-state index is 13.3. The van der Waals surface area contributed by atoms with Gasteiger partial charge < -0.3 is 25.3 Å². The molecule has 3 saturated heterocycles. The molecule has 0 aromatic rings. The number of amides is 4. The lowest BCUT2D eigenvalue weighted by atomic mass is 10.0. The molecule has 3 heterocycles. The van der Waals surface area contributed by atoms with Crippen molar-refractivity contribution in [2.45, 2.75) is 97.7 Å². The van der Waals surface area contributed by atoms with E-state index in [1.807, 2.05) is 0 Å². The Morgan fingerprint density at radius 3 is 1.98 bits per heavy atom. The molecule has 3 aliphatic heterocycles. The van der Waals surface area contributed by atoms with Crippen molar-refractivity contribution in [2.75, 3.05) is 60.4 Å². The minimum Gasteiger partial charge on any atom is -0.357 e. The Labute approximate surface area is 243 Å². The van der Waals surface area contributed by atoms with E-state index in [-0.39, 0.29) is 48.3 Å². The summed E-state index contributed by atoms with van der Waals surface area (Å²) in [5, 5.41) is 5.08. The van der Waals surface area contributed by atoms with Crippen LogP contribution in [0.3, 0.4) is 0 Å². The van der Waals surface area contributed by atoms with Gasteiger partial charge in [-0.1, -0.05) is 41.0 Å². The molecule has 40 heavy (non-hydrogen) atoms. The van der Waals surface area contributed by atoms with E-state index in [9.17, 15) is 19.2 Å². The highest BCUT2D eigenvalue weighted by atomic mass is 16.2. The number of piperidine rings is 1. The molecule has 0 bridgehead atoms. The van der Waals surface area contributed by atoms with E-state index in [1.54, 1.807) is 23.9 Å². The van der Waals surface area contributed by atoms with Gasteiger partial charge in [0.1, 0.15) is 6.04 Å². The zero-order chi connectivity index (χ0) is 30.2. The molecule has 0 saturated carbocycles. The van der Waals surface area contributed by atoms with Crippen LogP contribution in [0.5, 0.6) is 0 Å². The van der Waals surface area contributed by atoms with Crippen LogP contribution in [0.25, 0.3) is 0 Å². The van der Waals surface area contributed by atoms with Crippen molar-refractivity contribution in [1.29, 1.82) is 0 Å². The van der Waals surface area contributed by atoms with Gasteiger partial charge in [0.05, 0.1) is 12.6 Å². The van der Waals surface area contributed by atoms with Gasteiger partial charge in [0.15, 0.2) is 0 Å². The van der Waals surface area contributed by atoms with E-state index in [2.05, 4.69) is 62.1 Å². The van der Waals surface area contributed by atoms with E-state index < -0.39 is 0 Å². The quantitative estimate of drug-likeness (QED) is 0.415. The number of hydrogen-bond donors (Lipinski definition) is 2. The predicted molar refractivity (Wildman–Crippen MR) is 161 cm³/mol. The fourth-order valence-corrected chi connectivity index (χ4v) is 5.50. The Kier molecular flexibility index (Phi) is 17.0. The summed E-state index contributed by atoms with van der Waals surface area (Å²) in [6.45, 7) is 15.2. The molecule has 10 heteroatoms. The lowest BCUT2D eigenvalue weighted by Crippen LogP contribution is -2.55. The van der Waals surface area contributed by atoms with E-state index in [0.29, 0.717) is 25.9 Å². The zero-order valence-corrected chi connectivity index (χ0v) is 26.6. The lowest BCUT2D eigenvalue weighted by Gasteiger charge is -2.37. The van der Waals surface area contributed by atoms with Crippen LogP contribution in [0, 0.1) is 11.8 Å². The van der Waals surface area contributed by atoms with Crippen molar-refractivity contribution < 1.29 is 19.2 Å². The van der Waals surface area contributed by atoms with Gasteiger partial charge in [-0.2, -0.15) is 0 Å². The van der Waals surface area contributed by atoms with Gasteiger partial charge in [-0.05, 0) is 77.0 Å². The summed E-state index contributed by atoms with van der Waals surface area (Å²) >= 11 is 0. The third-order valence-electron chi connectivity index (χ3n) is 7.73. The molecule has 0 spiro atoms. The monoisotopic (exact) mass is 566 g/mol. The topological polar surface area (TPSA) is 105 Å². The standard InChI is InChI=1S/C20H35N5O4.C6H13N.C4H10/c1-14(2)17(23(4)18(27)11-22-13-26)12-24-9-5-8-16(24)20(29)25-10-6-7-15(25)19(28)21-3;1-7-5-3-2-4-6-7;1-4(2)3/h13-17H,5-12H2,1-4H3,(H,21,28)(H,22,26);2-6H2,1H3;4H,1-3H3/t15?,16-,17+;;/m0../s1. The smallest absolute Gasteiger partial charge is 0.242 e. The van der Waals surface area contributed by atoms with Crippen LogP contribution in [0.1, 0.15) is 79.6 Å². The summed E-state index contributed by atoms with van der Waals surface area (Å²) in [4.78, 5) is 56.2. The second kappa shape index (κ2) is 19.0. The number of likely N-dealkylation sites (N-methyl/N-ethyl adjacent to an activating group) is 2. The van der Waals surface area contributed by atoms with Crippen LogP contribution in [-0.4, -0.2) is 122 Å². The number of likely N-dealkylation sites (tertiary alicyclic amines) is 3. The van der Waals surface area contributed by atoms with E-state index in [0.717, 1.165) is 31.7 Å². The molecule has 4 amide bonds. The summed E-state index contributed by atoms with van der Waals surface area (Å²) in [6.07, 6.45) is 8.02. The molecule has 3 aliphatic rings. The van der Waals surface area contributed by atoms with Gasteiger partial charge in [0.2, 0.25) is 24.1 Å². The normalized spacial score (nSPS) is 22.1. The predicted octanol–water partition coefficient (Wildman–Crippen LogP) is 2.18. The Balaban J connectivity index is 0.000000605. The Morgan fingerprint density at radius 2 is 1.48 bits per heavy atom. The SMILES string of the molecule is CC(C)C.CN1CCCCC1.CNC(=O)C1CCCN1C(=O)[C@@H]1CCCN1C[C@H](C(C)C)N(C)C(=O)CNC=O. The highest BCUT2D eigenvalue weighted by Crippen LogP contribution is 2.26. The third kappa shape index (κ3) is 12.1. The van der Waals surface area contributed by atoms with Gasteiger partial charge in [0, 0.05) is 33.2 Å². The van der Waals surface area contributed by atoms with Crippen LogP contribution in [0.4, 0.5) is 0 Å². The minimum absolute atomic E-state index is 0.0210. The van der Waals surface area contributed by atoms with Crippen molar-refractivity contribution in [2.24, 2.45) is 11.8 Å². The summed E-state index contributed by atoms with van der Waals surface area (Å²) in [5.74, 6) is 0.792. The number of carbonyl (C=O) groups excluding carboxylic acids is 4. The highest BCUT2D eigenvalue weighted by Gasteiger charge is 2.41. The van der Waals surface area contributed by atoms with E-state index in [4.69, 9.17) is 0 Å². The molecular formula is C30H58N6O4. The fourth-order valence-electron chi connectivity index (χ4n) is 5.50. The first-order chi connectivity index (χ1) is 18.9. The third-order valence-corrected chi connectivity index (χ3v) is 7.73. The maximum absolute atomic E-state index is 13.3. The second-order valence-electron chi connectivity index (χ2n) is 12.4. The molecule has 10 nitrogen and oxygen atoms in total. The first-order valence-corrected chi connectivity index (χ1v) is 15.3. The molecule has 1 unspecified atom stereocenters. The van der Waals surface area contributed by atoms with Crippen molar-refractivity contribution in [3.63, 3.8) is 0 Å². The van der Waals surface area contributed by atoms with Gasteiger partial charge in [-0.3, -0.25) is 24.1 Å². The molecule has 232 valence electrons. The number of nitrogens with zero attached hydrogens (tertiary/aromatic N) is 4. The molecule has 3 fully saturated rings. The molecule has 0 aliphatic carbocycles. The molecule has 0 aromatic heterocycles. The molecule has 3 atom stereocenters. The Morgan fingerprint density at radius 1 is 0.900 bits per heavy atom. The van der Waals surface area contributed by atoms with Gasteiger partial charge >= 0.3 is 0 Å². The molecule has 3 rings (SSSR count). The van der Waals surface area contributed by atoms with Crippen LogP contribution in [0.2, 0.25) is 0 Å².